The number of ketones is 1. The summed E-state index contributed by atoms with van der Waals surface area (Å²) in [5.74, 6) is 1.66. The van der Waals surface area contributed by atoms with E-state index in [1.165, 1.54) is 0 Å². The van der Waals surface area contributed by atoms with Crippen LogP contribution in [0.2, 0.25) is 0 Å². The van der Waals surface area contributed by atoms with E-state index in [2.05, 4.69) is 27.1 Å². The second-order valence-corrected chi connectivity index (χ2v) is 6.84. The van der Waals surface area contributed by atoms with E-state index in [1.54, 1.807) is 17.1 Å². The van der Waals surface area contributed by atoms with E-state index in [4.69, 9.17) is 4.42 Å². The fourth-order valence-corrected chi connectivity index (χ4v) is 3.47. The molecule has 140 valence electrons. The van der Waals surface area contributed by atoms with Gasteiger partial charge in [-0.2, -0.15) is 10.2 Å². The highest BCUT2D eigenvalue weighted by Crippen LogP contribution is 2.33. The van der Waals surface area contributed by atoms with Crippen molar-refractivity contribution in [1.29, 1.82) is 0 Å². The molecule has 0 radical (unpaired) electrons. The number of carbonyl (C=O) groups excluding carboxylic acids is 1. The largest absolute Gasteiger partial charge is 0.441 e. The third kappa shape index (κ3) is 2.57. The Morgan fingerprint density at radius 1 is 1.18 bits per heavy atom. The van der Waals surface area contributed by atoms with Gasteiger partial charge in [-0.15, -0.1) is 0 Å². The van der Waals surface area contributed by atoms with Crippen LogP contribution in [0.15, 0.2) is 46.2 Å². The van der Waals surface area contributed by atoms with E-state index >= 15 is 0 Å². The van der Waals surface area contributed by atoms with Gasteiger partial charge in [0.25, 0.3) is 0 Å². The maximum Gasteiger partial charge on any atom is 0.231 e. The van der Waals surface area contributed by atoms with Gasteiger partial charge in [0, 0.05) is 17.5 Å². The molecule has 0 aliphatic carbocycles. The lowest BCUT2D eigenvalue weighted by atomic mass is 10.0. The molecule has 0 bridgehead atoms. The highest BCUT2D eigenvalue weighted by Gasteiger charge is 2.26. The predicted octanol–water partition coefficient (Wildman–Crippen LogP) is 3.31. The molecule has 0 saturated carbocycles. The van der Waals surface area contributed by atoms with Gasteiger partial charge in [-0.05, 0) is 25.5 Å². The van der Waals surface area contributed by atoms with Crippen LogP contribution in [0.4, 0.5) is 5.82 Å². The van der Waals surface area contributed by atoms with Crippen LogP contribution >= 0.6 is 0 Å². The number of oxazole rings is 1. The molecule has 0 N–H and O–H groups in total. The molecule has 0 atom stereocenters. The molecule has 1 aliphatic rings. The van der Waals surface area contributed by atoms with Gasteiger partial charge >= 0.3 is 0 Å². The van der Waals surface area contributed by atoms with Crippen LogP contribution in [0.5, 0.6) is 0 Å². The quantitative estimate of drug-likeness (QED) is 0.546. The minimum atomic E-state index is -0.0777. The molecule has 4 aromatic rings. The van der Waals surface area contributed by atoms with Crippen molar-refractivity contribution in [3.8, 4) is 11.5 Å². The summed E-state index contributed by atoms with van der Waals surface area (Å²) in [6.07, 6.45) is 6.13. The highest BCUT2D eigenvalue weighted by molar-refractivity contribution is 6.47. The molecule has 4 heterocycles. The summed E-state index contributed by atoms with van der Waals surface area (Å²) in [6.45, 7) is 4.95. The Morgan fingerprint density at radius 2 is 2.07 bits per heavy atom. The molecular formula is C20H18N6O2. The fraction of sp³-hybridized carbons (Fsp3) is 0.250. The molecule has 1 aromatic carbocycles. The van der Waals surface area contributed by atoms with Crippen LogP contribution in [0.25, 0.3) is 22.4 Å². The van der Waals surface area contributed by atoms with E-state index in [0.29, 0.717) is 28.7 Å². The van der Waals surface area contributed by atoms with Gasteiger partial charge in [0.2, 0.25) is 11.7 Å². The zero-order valence-electron chi connectivity index (χ0n) is 15.6. The minimum Gasteiger partial charge on any atom is -0.441 e. The van der Waals surface area contributed by atoms with E-state index < -0.39 is 0 Å². The standard InChI is InChI=1S/C20H18N6O2/c1-3-6-25-16-5-4-13(7-14(16)9-22-25)18-17(27)11-26-19(24-18)15(10-23-26)20-21-8-12(2)28-20/h4-5,7-10H,3,6,11H2,1-2H3. The molecular weight excluding hydrogens is 356 g/mol. The topological polar surface area (TPSA) is 91.1 Å². The minimum absolute atomic E-state index is 0.0777. The average Bonchev–Trinajstić information content (AvgIpc) is 3.39. The molecule has 0 saturated heterocycles. The van der Waals surface area contributed by atoms with Crippen molar-refractivity contribution in [3.63, 3.8) is 0 Å². The number of carbonyl (C=O) groups is 1. The number of aromatic nitrogens is 5. The number of fused-ring (bicyclic) bond motifs is 2. The molecule has 28 heavy (non-hydrogen) atoms. The lowest BCUT2D eigenvalue weighted by Gasteiger charge is -2.14. The number of benzene rings is 1. The van der Waals surface area contributed by atoms with Crippen LogP contribution in [-0.2, 0) is 17.9 Å². The summed E-state index contributed by atoms with van der Waals surface area (Å²) in [4.78, 5) is 21.6. The number of hydrogen-bond donors (Lipinski definition) is 0. The number of aliphatic imine (C=N–C) groups is 1. The Kier molecular flexibility index (Phi) is 3.71. The normalized spacial score (nSPS) is 13.8. The Morgan fingerprint density at radius 3 is 2.86 bits per heavy atom. The van der Waals surface area contributed by atoms with Crippen LogP contribution in [-0.4, -0.2) is 36.0 Å². The third-order valence-corrected chi connectivity index (χ3v) is 4.79. The first-order valence-corrected chi connectivity index (χ1v) is 9.20. The smallest absolute Gasteiger partial charge is 0.231 e. The first kappa shape index (κ1) is 16.6. The Bertz CT molecular complexity index is 1240. The number of hydrogen-bond acceptors (Lipinski definition) is 6. The Balaban J connectivity index is 1.60. The molecule has 8 heteroatoms. The number of rotatable bonds is 4. The van der Waals surface area contributed by atoms with Gasteiger partial charge in [-0.25, -0.2) is 14.7 Å². The zero-order chi connectivity index (χ0) is 19.3. The number of Topliss-reactive ketones (excluding diaryl/α,β-unsaturated/α-hetero) is 1. The van der Waals surface area contributed by atoms with Crippen molar-refractivity contribution < 1.29 is 9.21 Å². The van der Waals surface area contributed by atoms with Gasteiger partial charge in [-0.1, -0.05) is 13.0 Å². The lowest BCUT2D eigenvalue weighted by molar-refractivity contribution is -0.113. The van der Waals surface area contributed by atoms with Crippen molar-refractivity contribution >= 4 is 28.2 Å². The van der Waals surface area contributed by atoms with Crippen molar-refractivity contribution in [3.05, 3.63) is 48.1 Å². The second-order valence-electron chi connectivity index (χ2n) is 6.84. The molecule has 0 fully saturated rings. The van der Waals surface area contributed by atoms with Crippen LogP contribution in [0, 0.1) is 6.92 Å². The van der Waals surface area contributed by atoms with E-state index in [0.717, 1.165) is 29.4 Å². The fourth-order valence-electron chi connectivity index (χ4n) is 3.47. The molecule has 0 amide bonds. The first-order chi connectivity index (χ1) is 13.6. The molecule has 1 aliphatic heterocycles. The summed E-state index contributed by atoms with van der Waals surface area (Å²) >= 11 is 0. The first-order valence-electron chi connectivity index (χ1n) is 9.20. The molecule has 8 nitrogen and oxygen atoms in total. The molecule has 3 aromatic heterocycles. The van der Waals surface area contributed by atoms with E-state index in [1.807, 2.05) is 36.0 Å². The zero-order valence-corrected chi connectivity index (χ0v) is 15.6. The average molecular weight is 374 g/mol. The SMILES string of the molecule is CCCn1ncc2cc(C3=Nc4c(-c5ncc(C)o5)cnn4CC3=O)ccc21. The molecule has 0 unspecified atom stereocenters. The second kappa shape index (κ2) is 6.26. The van der Waals surface area contributed by atoms with Gasteiger partial charge in [0.15, 0.2) is 5.82 Å². The summed E-state index contributed by atoms with van der Waals surface area (Å²) < 4.78 is 9.17. The van der Waals surface area contributed by atoms with Crippen molar-refractivity contribution in [2.75, 3.05) is 0 Å². The predicted molar refractivity (Wildman–Crippen MR) is 104 cm³/mol. The Labute approximate surface area is 160 Å². The summed E-state index contributed by atoms with van der Waals surface area (Å²) in [5.41, 5.74) is 2.92. The van der Waals surface area contributed by atoms with Crippen molar-refractivity contribution in [1.82, 2.24) is 24.5 Å². The lowest BCUT2D eigenvalue weighted by Crippen LogP contribution is -2.25. The Hall–Kier alpha value is -3.55. The van der Waals surface area contributed by atoms with E-state index in [-0.39, 0.29) is 12.3 Å². The van der Waals surface area contributed by atoms with Gasteiger partial charge < -0.3 is 4.42 Å². The third-order valence-electron chi connectivity index (χ3n) is 4.79. The van der Waals surface area contributed by atoms with Gasteiger partial charge in [0.05, 0.1) is 24.1 Å². The van der Waals surface area contributed by atoms with Crippen LogP contribution in [0.1, 0.15) is 24.7 Å². The van der Waals surface area contributed by atoms with E-state index in [9.17, 15) is 4.79 Å². The van der Waals surface area contributed by atoms with Crippen molar-refractivity contribution in [2.24, 2.45) is 4.99 Å². The maximum absolute atomic E-state index is 12.7. The summed E-state index contributed by atoms with van der Waals surface area (Å²) in [6, 6.07) is 5.88. The summed E-state index contributed by atoms with van der Waals surface area (Å²) in [7, 11) is 0. The maximum atomic E-state index is 12.7. The molecule has 0 spiro atoms. The highest BCUT2D eigenvalue weighted by atomic mass is 16.4. The number of nitrogens with zero attached hydrogens (tertiary/aromatic N) is 6. The van der Waals surface area contributed by atoms with Crippen molar-refractivity contribution in [2.45, 2.75) is 33.4 Å². The van der Waals surface area contributed by atoms with Crippen LogP contribution in [0.3, 0.4) is 0 Å². The van der Waals surface area contributed by atoms with Gasteiger partial charge in [-0.3, -0.25) is 9.48 Å². The number of aryl methyl sites for hydroxylation is 2. The summed E-state index contributed by atoms with van der Waals surface area (Å²) in [5, 5.41) is 9.69. The van der Waals surface area contributed by atoms with Crippen LogP contribution < -0.4 is 0 Å². The van der Waals surface area contributed by atoms with Gasteiger partial charge in [0.1, 0.15) is 23.6 Å². The molecule has 5 rings (SSSR count). The monoisotopic (exact) mass is 374 g/mol.